The maximum Gasteiger partial charge on any atom is 0.418 e. The van der Waals surface area contributed by atoms with Crippen LogP contribution in [-0.4, -0.2) is 28.1 Å². The molecule has 28 heavy (non-hydrogen) atoms. The van der Waals surface area contributed by atoms with Gasteiger partial charge in [-0.05, 0) is 18.1 Å². The van der Waals surface area contributed by atoms with E-state index in [0.29, 0.717) is 18.8 Å². The van der Waals surface area contributed by atoms with E-state index in [2.05, 4.69) is 25.6 Å². The molecule has 0 saturated carbocycles. The topological polar surface area (TPSA) is 74.9 Å². The van der Waals surface area contributed by atoms with Crippen LogP contribution < -0.4 is 15.4 Å². The number of hydrogen-bond acceptors (Lipinski definition) is 5. The van der Waals surface area contributed by atoms with Crippen LogP contribution in [0.3, 0.4) is 0 Å². The maximum atomic E-state index is 13.4. The molecule has 4 rings (SSSR count). The Morgan fingerprint density at radius 3 is 2.89 bits per heavy atom. The molecule has 3 heterocycles. The van der Waals surface area contributed by atoms with Crippen LogP contribution in [0.1, 0.15) is 30.9 Å². The first kappa shape index (κ1) is 18.4. The largest absolute Gasteiger partial charge is 0.491 e. The second-order valence-corrected chi connectivity index (χ2v) is 6.62. The first-order chi connectivity index (χ1) is 13.5. The molecule has 0 radical (unpaired) electrons. The van der Waals surface area contributed by atoms with Gasteiger partial charge in [0.2, 0.25) is 5.95 Å². The number of nitrogens with one attached hydrogen (secondary N) is 3. The predicted octanol–water partition coefficient (Wildman–Crippen LogP) is 4.87. The summed E-state index contributed by atoms with van der Waals surface area (Å²) in [5, 5.41) is 6.06. The Morgan fingerprint density at radius 2 is 2.11 bits per heavy atom. The Balaban J connectivity index is 1.75. The van der Waals surface area contributed by atoms with Gasteiger partial charge in [0.25, 0.3) is 0 Å². The Hall–Kier alpha value is -2.97. The summed E-state index contributed by atoms with van der Waals surface area (Å²) in [6.45, 7) is 3.13. The lowest BCUT2D eigenvalue weighted by Gasteiger charge is -2.13. The molecule has 3 N–H and O–H groups in total. The number of para-hydroxylation sites is 1. The first-order valence-electron chi connectivity index (χ1n) is 9.19. The van der Waals surface area contributed by atoms with Gasteiger partial charge in [-0.2, -0.15) is 23.1 Å². The first-order valence-corrected chi connectivity index (χ1v) is 9.19. The van der Waals surface area contributed by atoms with Crippen molar-refractivity contribution in [2.45, 2.75) is 32.4 Å². The van der Waals surface area contributed by atoms with E-state index in [1.807, 2.05) is 25.1 Å². The smallest absolute Gasteiger partial charge is 0.418 e. The fourth-order valence-electron chi connectivity index (χ4n) is 3.26. The zero-order chi connectivity index (χ0) is 19.7. The standard InChI is InChI=1S/C19H20F3N5O/c1-2-3-8-23-16-14-12(19(20,21)22)10-24-17(14)27-18(26-16)25-13-6-4-5-11-7-9-28-15(11)13/h4-6,10H,2-3,7-9H2,1H3,(H3,23,24,25,26,27). The third-order valence-electron chi connectivity index (χ3n) is 4.62. The molecule has 0 bridgehead atoms. The lowest BCUT2D eigenvalue weighted by atomic mass is 10.1. The number of fused-ring (bicyclic) bond motifs is 2. The van der Waals surface area contributed by atoms with Crippen molar-refractivity contribution in [2.24, 2.45) is 0 Å². The highest BCUT2D eigenvalue weighted by Crippen LogP contribution is 2.39. The number of aromatic amines is 1. The molecule has 6 nitrogen and oxygen atoms in total. The minimum Gasteiger partial charge on any atom is -0.491 e. The summed E-state index contributed by atoms with van der Waals surface area (Å²) in [5.74, 6) is 1.09. The van der Waals surface area contributed by atoms with Crippen molar-refractivity contribution in [3.8, 4) is 5.75 Å². The second-order valence-electron chi connectivity index (χ2n) is 6.62. The number of halogens is 3. The molecule has 0 aliphatic carbocycles. The van der Waals surface area contributed by atoms with Gasteiger partial charge in [0.15, 0.2) is 0 Å². The molecule has 1 aliphatic heterocycles. The summed E-state index contributed by atoms with van der Waals surface area (Å²) in [5.41, 5.74) is 1.11. The van der Waals surface area contributed by atoms with Crippen molar-refractivity contribution < 1.29 is 17.9 Å². The van der Waals surface area contributed by atoms with Crippen LogP contribution in [0.15, 0.2) is 24.4 Å². The monoisotopic (exact) mass is 391 g/mol. The van der Waals surface area contributed by atoms with Crippen LogP contribution in [0, 0.1) is 0 Å². The Kier molecular flexibility index (Phi) is 4.74. The molecule has 1 aromatic carbocycles. The maximum absolute atomic E-state index is 13.4. The SMILES string of the molecule is CCCCNc1nc(Nc2cccc3c2OCC3)nc2[nH]cc(C(F)(F)F)c12. The quantitative estimate of drug-likeness (QED) is 0.523. The van der Waals surface area contributed by atoms with Gasteiger partial charge in [0, 0.05) is 19.2 Å². The van der Waals surface area contributed by atoms with Crippen LogP contribution >= 0.6 is 0 Å². The van der Waals surface area contributed by atoms with E-state index in [-0.39, 0.29) is 22.8 Å². The number of alkyl halides is 3. The molecule has 0 saturated heterocycles. The van der Waals surface area contributed by atoms with Gasteiger partial charge in [0.1, 0.15) is 17.2 Å². The molecule has 0 fully saturated rings. The average molecular weight is 391 g/mol. The molecule has 2 aromatic heterocycles. The highest BCUT2D eigenvalue weighted by Gasteiger charge is 2.35. The number of aromatic nitrogens is 3. The van der Waals surface area contributed by atoms with E-state index in [1.165, 1.54) is 0 Å². The second kappa shape index (κ2) is 7.21. The molecule has 0 unspecified atom stereocenters. The van der Waals surface area contributed by atoms with Crippen LogP contribution in [0.25, 0.3) is 11.0 Å². The zero-order valence-electron chi connectivity index (χ0n) is 15.3. The number of nitrogens with zero attached hydrogens (tertiary/aromatic N) is 2. The van der Waals surface area contributed by atoms with Gasteiger partial charge in [-0.1, -0.05) is 25.5 Å². The van der Waals surface area contributed by atoms with Crippen LogP contribution in [0.5, 0.6) is 5.75 Å². The fraction of sp³-hybridized carbons (Fsp3) is 0.368. The Labute approximate surface area is 159 Å². The van der Waals surface area contributed by atoms with E-state index in [1.54, 1.807) is 0 Å². The number of H-pyrrole nitrogens is 1. The van der Waals surface area contributed by atoms with Gasteiger partial charge in [-0.15, -0.1) is 0 Å². The molecular formula is C19H20F3N5O. The molecule has 148 valence electrons. The number of unbranched alkanes of at least 4 members (excludes halogenated alkanes) is 1. The van der Waals surface area contributed by atoms with E-state index in [0.717, 1.165) is 36.8 Å². The highest BCUT2D eigenvalue weighted by molar-refractivity contribution is 5.92. The molecule has 3 aromatic rings. The van der Waals surface area contributed by atoms with Gasteiger partial charge in [0.05, 0.1) is 23.2 Å². The molecule has 0 spiro atoms. The summed E-state index contributed by atoms with van der Waals surface area (Å²) in [6.07, 6.45) is -1.01. The normalized spacial score (nSPS) is 13.4. The summed E-state index contributed by atoms with van der Waals surface area (Å²) in [4.78, 5) is 11.2. The van der Waals surface area contributed by atoms with Crippen molar-refractivity contribution in [3.63, 3.8) is 0 Å². The number of anilines is 3. The average Bonchev–Trinajstić information content (AvgIpc) is 3.28. The van der Waals surface area contributed by atoms with E-state index >= 15 is 0 Å². The van der Waals surface area contributed by atoms with Gasteiger partial charge in [-0.3, -0.25) is 0 Å². The van der Waals surface area contributed by atoms with Crippen LogP contribution in [0.2, 0.25) is 0 Å². The van der Waals surface area contributed by atoms with Gasteiger partial charge < -0.3 is 20.4 Å². The highest BCUT2D eigenvalue weighted by atomic mass is 19.4. The minimum atomic E-state index is -4.49. The number of rotatable bonds is 6. The van der Waals surface area contributed by atoms with Crippen molar-refractivity contribution in [2.75, 3.05) is 23.8 Å². The lowest BCUT2D eigenvalue weighted by molar-refractivity contribution is -0.136. The minimum absolute atomic E-state index is 0.0521. The molecule has 0 amide bonds. The van der Waals surface area contributed by atoms with Crippen molar-refractivity contribution >= 4 is 28.5 Å². The summed E-state index contributed by atoms with van der Waals surface area (Å²) in [6, 6.07) is 5.71. The zero-order valence-corrected chi connectivity index (χ0v) is 15.3. The summed E-state index contributed by atoms with van der Waals surface area (Å²) >= 11 is 0. The third-order valence-corrected chi connectivity index (χ3v) is 4.62. The molecule has 9 heteroatoms. The van der Waals surface area contributed by atoms with Crippen LogP contribution in [-0.2, 0) is 12.6 Å². The Bertz CT molecular complexity index is 999. The predicted molar refractivity (Wildman–Crippen MR) is 101 cm³/mol. The van der Waals surface area contributed by atoms with Crippen molar-refractivity contribution in [1.82, 2.24) is 15.0 Å². The molecular weight excluding hydrogens is 371 g/mol. The number of benzene rings is 1. The van der Waals surface area contributed by atoms with Crippen molar-refractivity contribution in [3.05, 3.63) is 35.5 Å². The molecule has 1 aliphatic rings. The van der Waals surface area contributed by atoms with Gasteiger partial charge >= 0.3 is 6.18 Å². The van der Waals surface area contributed by atoms with E-state index in [9.17, 15) is 13.2 Å². The van der Waals surface area contributed by atoms with Crippen molar-refractivity contribution in [1.29, 1.82) is 0 Å². The fourth-order valence-corrected chi connectivity index (χ4v) is 3.26. The Morgan fingerprint density at radius 1 is 1.25 bits per heavy atom. The van der Waals surface area contributed by atoms with Gasteiger partial charge in [-0.25, -0.2) is 0 Å². The van der Waals surface area contributed by atoms with E-state index < -0.39 is 11.7 Å². The number of hydrogen-bond donors (Lipinski definition) is 3. The summed E-state index contributed by atoms with van der Waals surface area (Å²) < 4.78 is 45.8. The van der Waals surface area contributed by atoms with E-state index in [4.69, 9.17) is 4.74 Å². The van der Waals surface area contributed by atoms with Crippen LogP contribution in [0.4, 0.5) is 30.6 Å². The summed E-state index contributed by atoms with van der Waals surface area (Å²) in [7, 11) is 0. The molecule has 0 atom stereocenters. The number of ether oxygens (including phenoxy) is 1. The lowest BCUT2D eigenvalue weighted by Crippen LogP contribution is -2.10. The third kappa shape index (κ3) is 3.44.